The van der Waals surface area contributed by atoms with Gasteiger partial charge < -0.3 is 24.3 Å². The van der Waals surface area contributed by atoms with Gasteiger partial charge in [-0.05, 0) is 36.8 Å². The molecular weight excluding hydrogens is 384 g/mol. The first-order valence-electron chi connectivity index (χ1n) is 8.58. The van der Waals surface area contributed by atoms with Crippen molar-refractivity contribution in [3.8, 4) is 17.2 Å². The summed E-state index contributed by atoms with van der Waals surface area (Å²) in [6, 6.07) is 8.92. The lowest BCUT2D eigenvalue weighted by atomic mass is 10.2. The summed E-state index contributed by atoms with van der Waals surface area (Å²) in [5, 5.41) is 13.7. The zero-order valence-corrected chi connectivity index (χ0v) is 15.7. The van der Waals surface area contributed by atoms with Gasteiger partial charge in [-0.2, -0.15) is 0 Å². The molecule has 0 aromatic heterocycles. The van der Waals surface area contributed by atoms with Gasteiger partial charge in [-0.15, -0.1) is 0 Å². The molecule has 0 bridgehead atoms. The maximum absolute atomic E-state index is 12.2. The Labute approximate surface area is 165 Å². The zero-order valence-electron chi connectivity index (χ0n) is 15.7. The van der Waals surface area contributed by atoms with E-state index >= 15 is 0 Å². The van der Waals surface area contributed by atoms with Crippen LogP contribution < -0.4 is 19.5 Å². The molecular formula is C19H18N2O8. The van der Waals surface area contributed by atoms with Crippen LogP contribution in [0.2, 0.25) is 0 Å². The van der Waals surface area contributed by atoms with E-state index in [0.29, 0.717) is 11.5 Å². The number of ether oxygens (including phenoxy) is 4. The van der Waals surface area contributed by atoms with Crippen molar-refractivity contribution in [2.24, 2.45) is 0 Å². The van der Waals surface area contributed by atoms with Crippen LogP contribution in [0.4, 0.5) is 5.69 Å². The Morgan fingerprint density at radius 2 is 1.97 bits per heavy atom. The fourth-order valence-corrected chi connectivity index (χ4v) is 2.63. The molecule has 0 unspecified atom stereocenters. The summed E-state index contributed by atoms with van der Waals surface area (Å²) < 4.78 is 20.5. The van der Waals surface area contributed by atoms with Crippen LogP contribution in [-0.2, 0) is 16.1 Å². The van der Waals surface area contributed by atoms with Gasteiger partial charge in [0.2, 0.25) is 6.79 Å². The van der Waals surface area contributed by atoms with Gasteiger partial charge >= 0.3 is 11.7 Å². The number of methoxy groups -OCH3 is 1. The van der Waals surface area contributed by atoms with Gasteiger partial charge in [-0.3, -0.25) is 14.9 Å². The number of hydrogen-bond acceptors (Lipinski definition) is 8. The van der Waals surface area contributed by atoms with Crippen LogP contribution in [0.25, 0.3) is 0 Å². The van der Waals surface area contributed by atoms with Crippen molar-refractivity contribution in [3.05, 3.63) is 57.6 Å². The van der Waals surface area contributed by atoms with Crippen molar-refractivity contribution in [1.82, 2.24) is 5.32 Å². The molecule has 0 saturated carbocycles. The molecule has 3 rings (SSSR count). The molecule has 1 amide bonds. The molecule has 152 valence electrons. The smallest absolute Gasteiger partial charge is 0.339 e. The minimum absolute atomic E-state index is 0.0149. The average molecular weight is 402 g/mol. The van der Waals surface area contributed by atoms with Gasteiger partial charge in [0.05, 0.1) is 17.6 Å². The van der Waals surface area contributed by atoms with Crippen molar-refractivity contribution < 1.29 is 33.5 Å². The molecule has 1 atom stereocenters. The number of nitro groups is 1. The Balaban J connectivity index is 1.58. The molecule has 10 nitrogen and oxygen atoms in total. The highest BCUT2D eigenvalue weighted by molar-refractivity contribution is 5.93. The summed E-state index contributed by atoms with van der Waals surface area (Å²) in [6.07, 6.45) is -1.10. The van der Waals surface area contributed by atoms with Crippen molar-refractivity contribution in [3.63, 3.8) is 0 Å². The molecule has 29 heavy (non-hydrogen) atoms. The molecule has 0 spiro atoms. The molecule has 1 aliphatic heterocycles. The molecule has 1 aliphatic rings. The number of rotatable bonds is 7. The lowest BCUT2D eigenvalue weighted by molar-refractivity contribution is -0.385. The number of esters is 1. The van der Waals surface area contributed by atoms with E-state index in [0.717, 1.165) is 11.6 Å². The third-order valence-corrected chi connectivity index (χ3v) is 4.17. The molecule has 2 aromatic rings. The molecule has 2 aromatic carbocycles. The number of carbonyl (C=O) groups excluding carboxylic acids is 2. The van der Waals surface area contributed by atoms with Crippen LogP contribution >= 0.6 is 0 Å². The Hall–Kier alpha value is -3.82. The first kappa shape index (κ1) is 19.9. The summed E-state index contributed by atoms with van der Waals surface area (Å²) in [4.78, 5) is 34.9. The van der Waals surface area contributed by atoms with E-state index in [9.17, 15) is 19.7 Å². The van der Waals surface area contributed by atoms with Gasteiger partial charge in [0.1, 0.15) is 0 Å². The first-order valence-corrected chi connectivity index (χ1v) is 8.58. The number of hydrogen-bond donors (Lipinski definition) is 1. The first-order chi connectivity index (χ1) is 13.9. The summed E-state index contributed by atoms with van der Waals surface area (Å²) in [6.45, 7) is 1.76. The van der Waals surface area contributed by atoms with Crippen molar-refractivity contribution in [2.75, 3.05) is 13.9 Å². The third kappa shape index (κ3) is 4.54. The number of amides is 1. The van der Waals surface area contributed by atoms with E-state index in [1.807, 2.05) is 0 Å². The fraction of sp³-hybridized carbons (Fsp3) is 0.263. The Bertz CT molecular complexity index is 959. The second-order valence-corrected chi connectivity index (χ2v) is 6.10. The number of nitro benzene ring substituents is 1. The van der Waals surface area contributed by atoms with Crippen molar-refractivity contribution in [2.45, 2.75) is 19.6 Å². The maximum atomic E-state index is 12.2. The van der Waals surface area contributed by atoms with Gasteiger partial charge in [0, 0.05) is 12.6 Å². The Morgan fingerprint density at radius 1 is 1.21 bits per heavy atom. The summed E-state index contributed by atoms with van der Waals surface area (Å²) in [5.74, 6) is -0.130. The van der Waals surface area contributed by atoms with E-state index in [4.69, 9.17) is 18.9 Å². The highest BCUT2D eigenvalue weighted by Gasteiger charge is 2.23. The molecule has 0 saturated heterocycles. The van der Waals surface area contributed by atoms with Crippen LogP contribution in [0, 0.1) is 10.1 Å². The van der Waals surface area contributed by atoms with Crippen molar-refractivity contribution >= 4 is 17.6 Å². The number of carbonyl (C=O) groups is 2. The number of nitrogens with one attached hydrogen (secondary N) is 1. The summed E-state index contributed by atoms with van der Waals surface area (Å²) >= 11 is 0. The van der Waals surface area contributed by atoms with E-state index in [1.165, 1.54) is 26.2 Å². The predicted octanol–water partition coefficient (Wildman–Crippen LogP) is 2.19. The second kappa shape index (κ2) is 8.46. The largest absolute Gasteiger partial charge is 0.490 e. The third-order valence-electron chi connectivity index (χ3n) is 4.17. The highest BCUT2D eigenvalue weighted by Crippen LogP contribution is 2.32. The standard InChI is InChI=1S/C19H18N2O8/c1-11(18(22)20-9-12-3-5-16-17(7-12)28-10-27-16)29-19(23)13-4-6-15(26-2)14(8-13)21(24)25/h3-8,11H,9-10H2,1-2H3,(H,20,22)/t11-/m0/s1. The van der Waals surface area contributed by atoms with Crippen LogP contribution in [0.3, 0.4) is 0 Å². The maximum Gasteiger partial charge on any atom is 0.339 e. The summed E-state index contributed by atoms with van der Waals surface area (Å²) in [7, 11) is 1.28. The molecule has 10 heteroatoms. The van der Waals surface area contributed by atoms with Crippen LogP contribution in [-0.4, -0.2) is 36.8 Å². The Morgan fingerprint density at radius 3 is 2.69 bits per heavy atom. The SMILES string of the molecule is COc1ccc(C(=O)O[C@@H](C)C(=O)NCc2ccc3c(c2)OCO3)cc1[N+](=O)[O-]. The van der Waals surface area contributed by atoms with Crippen LogP contribution in [0.15, 0.2) is 36.4 Å². The fourth-order valence-electron chi connectivity index (χ4n) is 2.63. The van der Waals surface area contributed by atoms with E-state index < -0.39 is 22.9 Å². The highest BCUT2D eigenvalue weighted by atomic mass is 16.7. The lowest BCUT2D eigenvalue weighted by Gasteiger charge is -2.14. The molecule has 0 radical (unpaired) electrons. The van der Waals surface area contributed by atoms with Crippen LogP contribution in [0.5, 0.6) is 17.2 Å². The zero-order chi connectivity index (χ0) is 21.0. The normalized spacial score (nSPS) is 12.8. The predicted molar refractivity (Wildman–Crippen MR) is 98.9 cm³/mol. The monoisotopic (exact) mass is 402 g/mol. The molecule has 1 N–H and O–H groups in total. The van der Waals surface area contributed by atoms with E-state index in [-0.39, 0.29) is 30.3 Å². The summed E-state index contributed by atoms with van der Waals surface area (Å²) in [5.41, 5.74) is 0.349. The van der Waals surface area contributed by atoms with Gasteiger partial charge in [-0.25, -0.2) is 4.79 Å². The number of fused-ring (bicyclic) bond motifs is 1. The van der Waals surface area contributed by atoms with E-state index in [2.05, 4.69) is 5.32 Å². The number of nitrogens with zero attached hydrogens (tertiary/aromatic N) is 1. The lowest BCUT2D eigenvalue weighted by Crippen LogP contribution is -2.35. The van der Waals surface area contributed by atoms with Gasteiger partial charge in [0.15, 0.2) is 23.4 Å². The molecule has 1 heterocycles. The van der Waals surface area contributed by atoms with Crippen molar-refractivity contribution in [1.29, 1.82) is 0 Å². The molecule has 0 fully saturated rings. The minimum atomic E-state index is -1.10. The topological polar surface area (TPSA) is 126 Å². The van der Waals surface area contributed by atoms with Gasteiger partial charge in [-0.1, -0.05) is 6.07 Å². The second-order valence-electron chi connectivity index (χ2n) is 6.10. The number of benzene rings is 2. The quantitative estimate of drug-likeness (QED) is 0.424. The van der Waals surface area contributed by atoms with Crippen LogP contribution in [0.1, 0.15) is 22.8 Å². The average Bonchev–Trinajstić information content (AvgIpc) is 3.19. The minimum Gasteiger partial charge on any atom is -0.490 e. The van der Waals surface area contributed by atoms with E-state index in [1.54, 1.807) is 18.2 Å². The Kier molecular flexibility index (Phi) is 5.82. The molecule has 0 aliphatic carbocycles. The van der Waals surface area contributed by atoms with Gasteiger partial charge in [0.25, 0.3) is 5.91 Å².